The van der Waals surface area contributed by atoms with Crippen molar-refractivity contribution in [1.82, 2.24) is 15.0 Å². The third-order valence-corrected chi connectivity index (χ3v) is 11.0. The molecule has 2 heterocycles. The molecule has 10 rings (SSSR count). The molecule has 0 fully saturated rings. The molecule has 0 N–H and O–H groups in total. The van der Waals surface area contributed by atoms with Crippen molar-refractivity contribution in [3.63, 3.8) is 0 Å². The minimum atomic E-state index is -0.499. The van der Waals surface area contributed by atoms with Crippen molar-refractivity contribution in [2.24, 2.45) is 0 Å². The molecule has 2 aliphatic rings. The Bertz CT molecular complexity index is 2440. The van der Waals surface area contributed by atoms with Crippen LogP contribution in [0.4, 0.5) is 0 Å². The summed E-state index contributed by atoms with van der Waals surface area (Å²) < 4.78 is 0. The number of hydrogen-bond acceptors (Lipinski definition) is 4. The Morgan fingerprint density at radius 1 is 0.396 bits per heavy atom. The van der Waals surface area contributed by atoms with Gasteiger partial charge in [-0.3, -0.25) is 0 Å². The first-order chi connectivity index (χ1) is 23.8. The van der Waals surface area contributed by atoms with Gasteiger partial charge in [-0.15, -0.1) is 0 Å². The molecule has 0 radical (unpaired) electrons. The van der Waals surface area contributed by atoms with Crippen molar-refractivity contribution in [3.05, 3.63) is 186 Å². The fraction of sp³-hybridized carbons (Fsp3) is 0.0227. The van der Waals surface area contributed by atoms with Gasteiger partial charge in [-0.2, -0.15) is 0 Å². The van der Waals surface area contributed by atoms with E-state index < -0.39 is 5.41 Å². The van der Waals surface area contributed by atoms with Gasteiger partial charge < -0.3 is 0 Å². The summed E-state index contributed by atoms with van der Waals surface area (Å²) in [6.07, 6.45) is 0. The number of hydrogen-bond donors (Lipinski definition) is 0. The van der Waals surface area contributed by atoms with Crippen molar-refractivity contribution in [3.8, 4) is 45.3 Å². The van der Waals surface area contributed by atoms with Crippen molar-refractivity contribution in [2.45, 2.75) is 15.2 Å². The predicted octanol–water partition coefficient (Wildman–Crippen LogP) is 10.9. The zero-order chi connectivity index (χ0) is 31.7. The lowest BCUT2D eigenvalue weighted by atomic mass is 9.67. The van der Waals surface area contributed by atoms with Gasteiger partial charge in [-0.05, 0) is 56.3 Å². The molecule has 3 nitrogen and oxygen atoms in total. The molecule has 1 aromatic heterocycles. The topological polar surface area (TPSA) is 38.7 Å². The largest absolute Gasteiger partial charge is 0.208 e. The van der Waals surface area contributed by atoms with Gasteiger partial charge in [0, 0.05) is 26.5 Å². The smallest absolute Gasteiger partial charge is 0.164 e. The summed E-state index contributed by atoms with van der Waals surface area (Å²) >= 11 is 1.87. The van der Waals surface area contributed by atoms with Gasteiger partial charge >= 0.3 is 0 Å². The highest BCUT2D eigenvalue weighted by atomic mass is 32.2. The second-order valence-electron chi connectivity index (χ2n) is 12.4. The average Bonchev–Trinajstić information content (AvgIpc) is 3.46. The quantitative estimate of drug-likeness (QED) is 0.195. The number of benzene rings is 7. The van der Waals surface area contributed by atoms with Crippen LogP contribution in [0.3, 0.4) is 0 Å². The maximum atomic E-state index is 5.11. The molecule has 224 valence electrons. The molecule has 8 aromatic rings. The van der Waals surface area contributed by atoms with E-state index in [0.717, 1.165) is 16.7 Å². The Morgan fingerprint density at radius 3 is 1.58 bits per heavy atom. The molecule has 0 bridgehead atoms. The van der Waals surface area contributed by atoms with E-state index in [9.17, 15) is 0 Å². The van der Waals surface area contributed by atoms with Crippen molar-refractivity contribution in [2.75, 3.05) is 0 Å². The highest BCUT2D eigenvalue weighted by Gasteiger charge is 2.50. The van der Waals surface area contributed by atoms with E-state index in [2.05, 4.69) is 127 Å². The second kappa shape index (κ2) is 10.6. The maximum Gasteiger partial charge on any atom is 0.164 e. The lowest BCUT2D eigenvalue weighted by Gasteiger charge is -2.40. The van der Waals surface area contributed by atoms with Gasteiger partial charge in [0.2, 0.25) is 0 Å². The van der Waals surface area contributed by atoms with Crippen molar-refractivity contribution in [1.29, 1.82) is 0 Å². The summed E-state index contributed by atoms with van der Waals surface area (Å²) in [6, 6.07) is 58.5. The average molecular weight is 630 g/mol. The maximum absolute atomic E-state index is 5.11. The first-order valence-corrected chi connectivity index (χ1v) is 17.0. The Labute approximate surface area is 283 Å². The Morgan fingerprint density at radius 2 is 0.938 bits per heavy atom. The highest BCUT2D eigenvalue weighted by molar-refractivity contribution is 7.99. The summed E-state index contributed by atoms with van der Waals surface area (Å²) in [4.78, 5) is 17.7. The van der Waals surface area contributed by atoms with Gasteiger partial charge in [-0.25, -0.2) is 15.0 Å². The minimum absolute atomic E-state index is 0.499. The molecule has 0 atom stereocenters. The van der Waals surface area contributed by atoms with Crippen molar-refractivity contribution >= 4 is 22.5 Å². The van der Waals surface area contributed by atoms with Crippen LogP contribution >= 0.6 is 11.8 Å². The van der Waals surface area contributed by atoms with E-state index in [1.54, 1.807) is 0 Å². The van der Waals surface area contributed by atoms with E-state index in [0.29, 0.717) is 17.5 Å². The second-order valence-corrected chi connectivity index (χ2v) is 13.4. The van der Waals surface area contributed by atoms with E-state index in [1.807, 2.05) is 48.2 Å². The summed E-state index contributed by atoms with van der Waals surface area (Å²) in [5.41, 5.74) is 10.2. The van der Waals surface area contributed by atoms with Gasteiger partial charge in [0.1, 0.15) is 0 Å². The van der Waals surface area contributed by atoms with Crippen LogP contribution in [0, 0.1) is 0 Å². The van der Waals surface area contributed by atoms with E-state index in [-0.39, 0.29) is 0 Å². The standard InChI is InChI=1S/C44H27N3S/c1-3-14-29(15-4-1)41-45-42(30-16-5-2-6-17-30)47-43(46-41)31-24-26-39-38(27-31)44(37-25-23-28-13-7-8-18-32(28)40(37)48-39)35-21-11-9-19-33(35)34-20-10-12-22-36(34)44/h1-27H. The summed E-state index contributed by atoms with van der Waals surface area (Å²) in [6.45, 7) is 0. The Balaban J connectivity index is 1.27. The van der Waals surface area contributed by atoms with E-state index in [4.69, 9.17) is 15.0 Å². The first-order valence-electron chi connectivity index (χ1n) is 16.2. The third kappa shape index (κ3) is 3.93. The summed E-state index contributed by atoms with van der Waals surface area (Å²) in [7, 11) is 0. The zero-order valence-electron chi connectivity index (χ0n) is 25.8. The molecule has 0 amide bonds. The van der Waals surface area contributed by atoms with E-state index >= 15 is 0 Å². The van der Waals surface area contributed by atoms with Crippen LogP contribution in [0.15, 0.2) is 174 Å². The van der Waals surface area contributed by atoms with Gasteiger partial charge in [0.15, 0.2) is 17.5 Å². The van der Waals surface area contributed by atoms with Crippen LogP contribution in [0.1, 0.15) is 22.3 Å². The normalized spacial score (nSPS) is 13.5. The predicted molar refractivity (Wildman–Crippen MR) is 195 cm³/mol. The molecule has 1 aliphatic carbocycles. The van der Waals surface area contributed by atoms with Crippen LogP contribution < -0.4 is 0 Å². The SMILES string of the molecule is c1ccc(-c2nc(-c3ccccc3)nc(-c3ccc4c(c3)C3(c5ccccc5-c5ccccc53)c3ccc5ccccc5c3S4)n2)cc1. The number of aromatic nitrogens is 3. The van der Waals surface area contributed by atoms with Crippen LogP contribution in [0.5, 0.6) is 0 Å². The Kier molecular flexibility index (Phi) is 6.02. The van der Waals surface area contributed by atoms with Gasteiger partial charge in [0.05, 0.1) is 5.41 Å². The molecular formula is C44H27N3S. The lowest BCUT2D eigenvalue weighted by Crippen LogP contribution is -2.32. The van der Waals surface area contributed by atoms with Gasteiger partial charge in [-0.1, -0.05) is 163 Å². The molecule has 1 spiro atoms. The zero-order valence-corrected chi connectivity index (χ0v) is 26.7. The van der Waals surface area contributed by atoms with Crippen molar-refractivity contribution < 1.29 is 0 Å². The molecule has 4 heteroatoms. The Hall–Kier alpha value is -5.84. The van der Waals surface area contributed by atoms with Crippen LogP contribution in [-0.2, 0) is 5.41 Å². The molecule has 7 aromatic carbocycles. The molecule has 1 aliphatic heterocycles. The molecule has 0 saturated carbocycles. The first kappa shape index (κ1) is 27.3. The number of nitrogens with zero attached hydrogens (tertiary/aromatic N) is 3. The molecule has 0 unspecified atom stereocenters. The minimum Gasteiger partial charge on any atom is -0.208 e. The number of fused-ring (bicyclic) bond motifs is 11. The third-order valence-electron chi connectivity index (χ3n) is 9.79. The molecule has 48 heavy (non-hydrogen) atoms. The summed E-state index contributed by atoms with van der Waals surface area (Å²) in [5, 5.41) is 2.54. The number of rotatable bonds is 3. The monoisotopic (exact) mass is 629 g/mol. The van der Waals surface area contributed by atoms with Crippen LogP contribution in [-0.4, -0.2) is 15.0 Å². The highest BCUT2D eigenvalue weighted by Crippen LogP contribution is 2.63. The fourth-order valence-electron chi connectivity index (χ4n) is 7.71. The van der Waals surface area contributed by atoms with Gasteiger partial charge in [0.25, 0.3) is 0 Å². The lowest BCUT2D eigenvalue weighted by molar-refractivity contribution is 0.726. The van der Waals surface area contributed by atoms with Crippen LogP contribution in [0.2, 0.25) is 0 Å². The van der Waals surface area contributed by atoms with E-state index in [1.165, 1.54) is 53.9 Å². The van der Waals surface area contributed by atoms with Crippen LogP contribution in [0.25, 0.3) is 56.1 Å². The molecular weight excluding hydrogens is 603 g/mol. The molecule has 0 saturated heterocycles. The fourth-order valence-corrected chi connectivity index (χ4v) is 9.01. The summed E-state index contributed by atoms with van der Waals surface area (Å²) in [5.74, 6) is 1.99.